The van der Waals surface area contributed by atoms with Crippen LogP contribution in [0.4, 0.5) is 8.78 Å². The maximum absolute atomic E-state index is 14.7. The molecule has 0 aliphatic heterocycles. The molecule has 0 atom stereocenters. The molecule has 3 aromatic heterocycles. The number of nitriles is 1. The van der Waals surface area contributed by atoms with Crippen molar-refractivity contribution in [1.82, 2.24) is 18.1 Å². The molecule has 210 valence electrons. The smallest absolute Gasteiger partial charge is 0.277 e. The highest BCUT2D eigenvalue weighted by Crippen LogP contribution is 2.42. The van der Waals surface area contributed by atoms with Crippen molar-refractivity contribution in [3.63, 3.8) is 0 Å². The van der Waals surface area contributed by atoms with Crippen molar-refractivity contribution < 1.29 is 21.9 Å². The first-order valence-electron chi connectivity index (χ1n) is 12.6. The van der Waals surface area contributed by atoms with Crippen LogP contribution in [0.15, 0.2) is 89.1 Å². The summed E-state index contributed by atoms with van der Waals surface area (Å²) in [7, 11) is -2.44. The first-order valence-corrected chi connectivity index (χ1v) is 14.0. The Hall–Kier alpha value is -5.28. The van der Waals surface area contributed by atoms with Crippen molar-refractivity contribution in [2.45, 2.75) is 18.4 Å². The summed E-state index contributed by atoms with van der Waals surface area (Å²) >= 11 is 0. The highest BCUT2D eigenvalue weighted by Gasteiger charge is 2.26. The van der Waals surface area contributed by atoms with E-state index in [0.29, 0.717) is 28.2 Å². The minimum Gasteiger partial charge on any atom is -0.451 e. The van der Waals surface area contributed by atoms with Crippen molar-refractivity contribution >= 4 is 32.0 Å². The fourth-order valence-corrected chi connectivity index (χ4v) is 6.20. The molecule has 9 nitrogen and oxygen atoms in total. The molecule has 0 spiro atoms. The molecule has 42 heavy (non-hydrogen) atoms. The van der Waals surface area contributed by atoms with Crippen LogP contribution >= 0.6 is 0 Å². The molecule has 3 heterocycles. The largest absolute Gasteiger partial charge is 0.451 e. The average Bonchev–Trinajstić information content (AvgIpc) is 3.58. The molecule has 0 fully saturated rings. The van der Waals surface area contributed by atoms with E-state index >= 15 is 0 Å². The number of aryl methyl sites for hydroxylation is 2. The van der Waals surface area contributed by atoms with E-state index in [9.17, 15) is 27.3 Å². The van der Waals surface area contributed by atoms with Crippen molar-refractivity contribution in [2.24, 2.45) is 7.05 Å². The van der Waals surface area contributed by atoms with Crippen LogP contribution in [-0.4, -0.2) is 26.5 Å². The van der Waals surface area contributed by atoms with Gasteiger partial charge in [-0.3, -0.25) is 9.36 Å². The predicted molar refractivity (Wildman–Crippen MR) is 152 cm³/mol. The fraction of sp³-hybridized carbons (Fsp3) is 0.100. The summed E-state index contributed by atoms with van der Waals surface area (Å²) in [5, 5.41) is 9.72. The molecule has 0 aliphatic carbocycles. The first kappa shape index (κ1) is 26.9. The molecule has 0 bridgehead atoms. The van der Waals surface area contributed by atoms with Crippen LogP contribution < -0.4 is 10.3 Å². The van der Waals surface area contributed by atoms with Crippen LogP contribution in [-0.2, 0) is 23.6 Å². The fourth-order valence-electron chi connectivity index (χ4n) is 4.85. The van der Waals surface area contributed by atoms with Gasteiger partial charge in [0, 0.05) is 42.0 Å². The maximum Gasteiger partial charge on any atom is 0.277 e. The Kier molecular flexibility index (Phi) is 6.39. The van der Waals surface area contributed by atoms with Crippen molar-refractivity contribution in [1.29, 1.82) is 5.26 Å². The Morgan fingerprint density at radius 3 is 2.50 bits per heavy atom. The van der Waals surface area contributed by atoms with Crippen LogP contribution in [0.2, 0.25) is 0 Å². The van der Waals surface area contributed by atoms with Gasteiger partial charge in [0.1, 0.15) is 23.4 Å². The van der Waals surface area contributed by atoms with E-state index in [1.54, 1.807) is 42.2 Å². The van der Waals surface area contributed by atoms with Gasteiger partial charge in [-0.05, 0) is 49.4 Å². The highest BCUT2D eigenvalue weighted by atomic mass is 32.2. The monoisotopic (exact) mass is 585 g/mol. The number of imidazole rings is 1. The van der Waals surface area contributed by atoms with Gasteiger partial charge >= 0.3 is 0 Å². The van der Waals surface area contributed by atoms with E-state index in [2.05, 4.69) is 4.98 Å². The third-order valence-corrected chi connectivity index (χ3v) is 8.65. The zero-order chi connectivity index (χ0) is 29.8. The Balaban J connectivity index is 1.66. The standard InChI is InChI=1S/C30H21F2N5O4S/c1-18-3-6-20(7-4-18)42(39,40)37-13-11-21-23(16-36(14-12-33)30(38)28(21)37)22-8-9-25-27(34-17-35(25)2)29(22)41-26-10-5-19(31)15-24(26)32/h3-11,13,15-17H,14H2,1-2H3. The molecule has 0 amide bonds. The SMILES string of the molecule is Cc1ccc(S(=O)(=O)n2ccc3c(-c4ccc5c(ncn5C)c4Oc4ccc(F)cc4F)cn(CC#N)c(=O)c32)cc1. The summed E-state index contributed by atoms with van der Waals surface area (Å²) in [6.45, 7) is 1.45. The molecule has 0 saturated carbocycles. The number of benzene rings is 3. The summed E-state index contributed by atoms with van der Waals surface area (Å²) in [6, 6.07) is 15.9. The third kappa shape index (κ3) is 4.31. The summed E-state index contributed by atoms with van der Waals surface area (Å²) < 4.78 is 65.5. The Morgan fingerprint density at radius 2 is 1.79 bits per heavy atom. The molecule has 0 saturated heterocycles. The number of rotatable bonds is 6. The molecular formula is C30H21F2N5O4S. The number of halogens is 2. The molecule has 0 N–H and O–H groups in total. The van der Waals surface area contributed by atoms with Crippen LogP contribution in [0.1, 0.15) is 5.56 Å². The van der Waals surface area contributed by atoms with Crippen LogP contribution in [0.3, 0.4) is 0 Å². The Bertz CT molecular complexity index is 2240. The van der Waals surface area contributed by atoms with Gasteiger partial charge < -0.3 is 9.30 Å². The van der Waals surface area contributed by atoms with Gasteiger partial charge in [-0.25, -0.2) is 26.2 Å². The van der Waals surface area contributed by atoms with Crippen LogP contribution in [0, 0.1) is 29.9 Å². The number of aromatic nitrogens is 4. The third-order valence-electron chi connectivity index (χ3n) is 6.96. The van der Waals surface area contributed by atoms with E-state index in [1.165, 1.54) is 30.6 Å². The number of fused-ring (bicyclic) bond motifs is 2. The van der Waals surface area contributed by atoms with E-state index in [0.717, 1.165) is 26.2 Å². The Morgan fingerprint density at radius 1 is 1.02 bits per heavy atom. The zero-order valence-corrected chi connectivity index (χ0v) is 23.1. The van der Waals surface area contributed by atoms with E-state index in [-0.39, 0.29) is 33.8 Å². The van der Waals surface area contributed by atoms with Gasteiger partial charge in [0.15, 0.2) is 17.3 Å². The van der Waals surface area contributed by atoms with E-state index in [4.69, 9.17) is 4.74 Å². The molecule has 6 aromatic rings. The molecule has 12 heteroatoms. The number of hydrogen-bond donors (Lipinski definition) is 0. The van der Waals surface area contributed by atoms with Gasteiger partial charge in [-0.2, -0.15) is 5.26 Å². The minimum atomic E-state index is -4.20. The molecule has 0 unspecified atom stereocenters. The Labute approximate surface area is 238 Å². The van der Waals surface area contributed by atoms with E-state index in [1.807, 2.05) is 13.0 Å². The lowest BCUT2D eigenvalue weighted by atomic mass is 10.0. The van der Waals surface area contributed by atoms with Crippen molar-refractivity contribution in [3.8, 4) is 28.7 Å². The molecule has 3 aromatic carbocycles. The summed E-state index contributed by atoms with van der Waals surface area (Å²) in [4.78, 5) is 18.0. The van der Waals surface area contributed by atoms with Gasteiger partial charge in [-0.1, -0.05) is 17.7 Å². The first-order chi connectivity index (χ1) is 20.1. The summed E-state index contributed by atoms with van der Waals surface area (Å²) in [5.74, 6) is -1.89. The summed E-state index contributed by atoms with van der Waals surface area (Å²) in [5.41, 5.74) is 1.65. The second-order valence-corrected chi connectivity index (χ2v) is 11.5. The highest BCUT2D eigenvalue weighted by molar-refractivity contribution is 7.90. The lowest BCUT2D eigenvalue weighted by molar-refractivity contribution is 0.442. The van der Waals surface area contributed by atoms with E-state index < -0.39 is 27.2 Å². The topological polar surface area (TPSA) is 112 Å². The quantitative estimate of drug-likeness (QED) is 0.255. The summed E-state index contributed by atoms with van der Waals surface area (Å²) in [6.07, 6.45) is 4.24. The van der Waals surface area contributed by atoms with Gasteiger partial charge in [0.25, 0.3) is 15.6 Å². The second kappa shape index (κ2) is 9.97. The van der Waals surface area contributed by atoms with Gasteiger partial charge in [-0.15, -0.1) is 0 Å². The molecule has 0 radical (unpaired) electrons. The number of hydrogen-bond acceptors (Lipinski definition) is 6. The van der Waals surface area contributed by atoms with Crippen LogP contribution in [0.5, 0.6) is 11.5 Å². The maximum atomic E-state index is 14.7. The molecular weight excluding hydrogens is 564 g/mol. The normalized spacial score (nSPS) is 11.7. The molecule has 6 rings (SSSR count). The van der Waals surface area contributed by atoms with Crippen molar-refractivity contribution in [3.05, 3.63) is 107 Å². The number of nitrogens with zero attached hydrogens (tertiary/aromatic N) is 5. The molecule has 0 aliphatic rings. The zero-order valence-electron chi connectivity index (χ0n) is 22.2. The second-order valence-electron chi connectivity index (χ2n) is 9.67. The lowest BCUT2D eigenvalue weighted by Gasteiger charge is -2.16. The predicted octanol–water partition coefficient (Wildman–Crippen LogP) is 5.50. The number of ether oxygens (including phenoxy) is 1. The average molecular weight is 586 g/mol. The lowest BCUT2D eigenvalue weighted by Crippen LogP contribution is -2.24. The van der Waals surface area contributed by atoms with Crippen molar-refractivity contribution in [2.75, 3.05) is 0 Å². The van der Waals surface area contributed by atoms with Crippen LogP contribution in [0.25, 0.3) is 33.1 Å². The number of pyridine rings is 1. The van der Waals surface area contributed by atoms with Gasteiger partial charge in [0.05, 0.1) is 22.8 Å². The van der Waals surface area contributed by atoms with Gasteiger partial charge in [0.2, 0.25) is 0 Å². The minimum absolute atomic E-state index is 0.0204.